The van der Waals surface area contributed by atoms with Crippen LogP contribution in [0.1, 0.15) is 36.8 Å². The van der Waals surface area contributed by atoms with Gasteiger partial charge in [-0.05, 0) is 90.9 Å². The Morgan fingerprint density at radius 3 is 1.55 bits per heavy atom. The van der Waals surface area contributed by atoms with Crippen LogP contribution in [0.25, 0.3) is 0 Å². The van der Waals surface area contributed by atoms with Gasteiger partial charge < -0.3 is 9.80 Å². The maximum atomic E-state index is 2.41. The van der Waals surface area contributed by atoms with Crippen LogP contribution in [0.2, 0.25) is 0 Å². The van der Waals surface area contributed by atoms with Gasteiger partial charge >= 0.3 is 0 Å². The van der Waals surface area contributed by atoms with Crippen LogP contribution in [-0.2, 0) is 12.8 Å². The highest BCUT2D eigenvalue weighted by Gasteiger charge is 1.99. The largest absolute Gasteiger partial charge is 0.309 e. The summed E-state index contributed by atoms with van der Waals surface area (Å²) < 4.78 is 0. The first-order valence-electron chi connectivity index (χ1n) is 7.95. The zero-order valence-corrected chi connectivity index (χ0v) is 13.9. The van der Waals surface area contributed by atoms with Crippen LogP contribution in [-0.4, -0.2) is 51.1 Å². The van der Waals surface area contributed by atoms with E-state index in [1.54, 1.807) is 0 Å². The zero-order chi connectivity index (χ0) is 14.8. The van der Waals surface area contributed by atoms with E-state index in [1.165, 1.54) is 62.7 Å². The number of nitrogens with zero attached hydrogens (tertiary/aromatic N) is 2. The van der Waals surface area contributed by atoms with Gasteiger partial charge in [-0.3, -0.25) is 0 Å². The Bertz CT molecular complexity index is 327. The molecule has 114 valence electrons. The number of hydrogen-bond acceptors (Lipinski definition) is 2. The summed E-state index contributed by atoms with van der Waals surface area (Å²) in [5.41, 5.74) is 3.02. The van der Waals surface area contributed by atoms with Crippen molar-refractivity contribution in [2.45, 2.75) is 38.5 Å². The molecule has 0 fully saturated rings. The fourth-order valence-electron chi connectivity index (χ4n) is 2.45. The van der Waals surface area contributed by atoms with E-state index in [9.17, 15) is 0 Å². The lowest BCUT2D eigenvalue weighted by molar-refractivity contribution is 0.394. The maximum Gasteiger partial charge on any atom is -0.00247 e. The molecule has 0 N–H and O–H groups in total. The van der Waals surface area contributed by atoms with Crippen LogP contribution >= 0.6 is 0 Å². The van der Waals surface area contributed by atoms with E-state index < -0.39 is 0 Å². The molecule has 0 aliphatic rings. The van der Waals surface area contributed by atoms with E-state index >= 15 is 0 Å². The number of rotatable bonds is 10. The van der Waals surface area contributed by atoms with Crippen molar-refractivity contribution in [3.05, 3.63) is 35.4 Å². The third-order valence-electron chi connectivity index (χ3n) is 3.63. The highest BCUT2D eigenvalue weighted by Crippen LogP contribution is 2.11. The fourth-order valence-corrected chi connectivity index (χ4v) is 2.45. The summed E-state index contributed by atoms with van der Waals surface area (Å²) in [6.45, 7) is 2.40. The molecule has 2 heteroatoms. The van der Waals surface area contributed by atoms with Gasteiger partial charge in [0, 0.05) is 0 Å². The van der Waals surface area contributed by atoms with Gasteiger partial charge in [-0.1, -0.05) is 24.3 Å². The van der Waals surface area contributed by atoms with Gasteiger partial charge in [0.25, 0.3) is 0 Å². The van der Waals surface area contributed by atoms with E-state index in [1.807, 2.05) is 0 Å². The summed E-state index contributed by atoms with van der Waals surface area (Å²) in [4.78, 5) is 4.53. The van der Waals surface area contributed by atoms with Crippen molar-refractivity contribution in [3.8, 4) is 0 Å². The van der Waals surface area contributed by atoms with E-state index in [4.69, 9.17) is 0 Å². The van der Waals surface area contributed by atoms with Crippen molar-refractivity contribution in [2.75, 3.05) is 41.3 Å². The average Bonchev–Trinajstić information content (AvgIpc) is 2.40. The standard InChI is InChI=1S/C18H32N2/c1-19(2)14-7-5-10-17-12-9-13-18(16-17)11-6-8-15-20(3)4/h9,12-13,16H,5-8,10-11,14-15H2,1-4H3. The van der Waals surface area contributed by atoms with Crippen LogP contribution in [0, 0.1) is 0 Å². The molecular formula is C18H32N2. The summed E-state index contributed by atoms with van der Waals surface area (Å²) in [6, 6.07) is 9.19. The highest BCUT2D eigenvalue weighted by atomic mass is 15.0. The summed E-state index contributed by atoms with van der Waals surface area (Å²) in [7, 11) is 8.59. The van der Waals surface area contributed by atoms with Gasteiger partial charge in [-0.15, -0.1) is 0 Å². The lowest BCUT2D eigenvalue weighted by Crippen LogP contribution is -2.13. The summed E-state index contributed by atoms with van der Waals surface area (Å²) in [5.74, 6) is 0. The van der Waals surface area contributed by atoms with E-state index in [-0.39, 0.29) is 0 Å². The van der Waals surface area contributed by atoms with Crippen LogP contribution in [0.15, 0.2) is 24.3 Å². The molecule has 1 rings (SSSR count). The molecule has 0 amide bonds. The Morgan fingerprint density at radius 1 is 0.700 bits per heavy atom. The Kier molecular flexibility index (Phi) is 8.56. The van der Waals surface area contributed by atoms with Crippen molar-refractivity contribution in [3.63, 3.8) is 0 Å². The van der Waals surface area contributed by atoms with E-state index in [0.717, 1.165) is 0 Å². The van der Waals surface area contributed by atoms with Gasteiger partial charge in [0.15, 0.2) is 0 Å². The molecule has 0 radical (unpaired) electrons. The normalized spacial score (nSPS) is 11.5. The average molecular weight is 276 g/mol. The predicted octanol–water partition coefficient (Wildman–Crippen LogP) is 3.46. The number of hydrogen-bond donors (Lipinski definition) is 0. The Balaban J connectivity index is 2.26. The highest BCUT2D eigenvalue weighted by molar-refractivity contribution is 5.23. The van der Waals surface area contributed by atoms with Crippen molar-refractivity contribution in [2.24, 2.45) is 0 Å². The topological polar surface area (TPSA) is 6.48 Å². The lowest BCUT2D eigenvalue weighted by atomic mass is 10.0. The molecule has 0 heterocycles. The minimum atomic E-state index is 1.20. The molecule has 1 aromatic carbocycles. The number of benzene rings is 1. The van der Waals surface area contributed by atoms with Crippen LogP contribution in [0.5, 0.6) is 0 Å². The van der Waals surface area contributed by atoms with Gasteiger partial charge in [0.1, 0.15) is 0 Å². The first-order valence-corrected chi connectivity index (χ1v) is 7.95. The first kappa shape index (κ1) is 17.2. The molecule has 0 saturated heterocycles. The molecule has 0 atom stereocenters. The molecule has 0 aliphatic carbocycles. The first-order chi connectivity index (χ1) is 9.58. The van der Waals surface area contributed by atoms with Crippen LogP contribution < -0.4 is 0 Å². The smallest absolute Gasteiger partial charge is 0.00247 e. The second-order valence-corrected chi connectivity index (χ2v) is 6.34. The molecule has 0 bridgehead atoms. The summed E-state index contributed by atoms with van der Waals surface area (Å²) in [5, 5.41) is 0. The molecule has 0 aromatic heterocycles. The molecule has 0 spiro atoms. The number of unbranched alkanes of at least 4 members (excludes halogenated alkanes) is 2. The molecule has 0 saturated carbocycles. The van der Waals surface area contributed by atoms with Crippen molar-refractivity contribution < 1.29 is 0 Å². The maximum absolute atomic E-state index is 2.41. The zero-order valence-electron chi connectivity index (χ0n) is 13.9. The predicted molar refractivity (Wildman–Crippen MR) is 89.4 cm³/mol. The lowest BCUT2D eigenvalue weighted by Gasteiger charge is -2.10. The van der Waals surface area contributed by atoms with E-state index in [2.05, 4.69) is 62.3 Å². The quantitative estimate of drug-likeness (QED) is 0.604. The SMILES string of the molecule is CN(C)CCCCc1cccc(CCCCN(C)C)c1. The van der Waals surface area contributed by atoms with Crippen LogP contribution in [0.3, 0.4) is 0 Å². The molecule has 20 heavy (non-hydrogen) atoms. The molecular weight excluding hydrogens is 244 g/mol. The Hall–Kier alpha value is -0.860. The summed E-state index contributed by atoms with van der Waals surface area (Å²) in [6.07, 6.45) is 7.61. The third-order valence-corrected chi connectivity index (χ3v) is 3.63. The molecule has 1 aromatic rings. The van der Waals surface area contributed by atoms with Crippen molar-refractivity contribution in [1.82, 2.24) is 9.80 Å². The minimum Gasteiger partial charge on any atom is -0.309 e. The molecule has 0 aliphatic heterocycles. The van der Waals surface area contributed by atoms with Crippen LogP contribution in [0.4, 0.5) is 0 Å². The Morgan fingerprint density at radius 2 is 1.15 bits per heavy atom. The fraction of sp³-hybridized carbons (Fsp3) is 0.667. The monoisotopic (exact) mass is 276 g/mol. The third kappa shape index (κ3) is 8.34. The molecule has 0 unspecified atom stereocenters. The van der Waals surface area contributed by atoms with Crippen molar-refractivity contribution >= 4 is 0 Å². The van der Waals surface area contributed by atoms with Gasteiger partial charge in [0.2, 0.25) is 0 Å². The van der Waals surface area contributed by atoms with Gasteiger partial charge in [-0.25, -0.2) is 0 Å². The Labute approximate surface area is 125 Å². The van der Waals surface area contributed by atoms with Gasteiger partial charge in [0.05, 0.1) is 0 Å². The van der Waals surface area contributed by atoms with Gasteiger partial charge in [-0.2, -0.15) is 0 Å². The van der Waals surface area contributed by atoms with Crippen molar-refractivity contribution in [1.29, 1.82) is 0 Å². The summed E-state index contributed by atoms with van der Waals surface area (Å²) >= 11 is 0. The molecule has 2 nitrogen and oxygen atoms in total. The second-order valence-electron chi connectivity index (χ2n) is 6.34. The second kappa shape index (κ2) is 9.95. The number of aryl methyl sites for hydroxylation is 2. The van der Waals surface area contributed by atoms with E-state index in [0.29, 0.717) is 0 Å². The minimum absolute atomic E-state index is 1.20.